The van der Waals surface area contributed by atoms with E-state index in [9.17, 15) is 13.5 Å². The SMILES string of the molecule is BrCCC[S+](c1ccccc1)c1ccccc1.C.CC(=O)CC[S+](C)C.CCCC[S+](CCCC)CCCC.CCC[S+](CCC)CCC.CS[S+](C)C.C[S+](C)Br.C[S+](C)CCC(=O)O.C[S+](C)CCCO.C[S+](C)Cl.C[S+](C)F.C[S+](C)I.ClCCC[S+](c1ccccc1)c1ccccc1.ClCC[S+](c1ccccc1)c1ccccc1. The molecule has 0 amide bonds. The van der Waals surface area contributed by atoms with Crippen molar-refractivity contribution in [2.75, 3.05) is 199 Å². The average molecular weight is 2210 g/mol. The Labute approximate surface area is 814 Å². The van der Waals surface area contributed by atoms with Crippen molar-refractivity contribution in [2.45, 2.75) is 175 Å². The molecule has 0 aliphatic heterocycles. The van der Waals surface area contributed by atoms with Crippen LogP contribution in [0.5, 0.6) is 0 Å². The minimum Gasteiger partial charge on any atom is -0.481 e. The van der Waals surface area contributed by atoms with E-state index in [0.29, 0.717) is 73.8 Å². The summed E-state index contributed by atoms with van der Waals surface area (Å²) in [5.74, 6) is 16.4. The van der Waals surface area contributed by atoms with Crippen molar-refractivity contribution in [3.8, 4) is 0 Å². The Hall–Kier alpha value is 1.81. The predicted octanol–water partition coefficient (Wildman–Crippen LogP) is 27.0. The van der Waals surface area contributed by atoms with E-state index >= 15 is 0 Å². The van der Waals surface area contributed by atoms with Gasteiger partial charge in [-0.1, -0.05) is 193 Å². The van der Waals surface area contributed by atoms with Gasteiger partial charge in [0.2, 0.25) is 36.0 Å². The van der Waals surface area contributed by atoms with Gasteiger partial charge >= 0.3 is 5.97 Å². The standard InChI is InChI=1S/C15H16BrS.C15H16ClS.C14H14ClS.C12H27S.C9H21S.C6H13OS.C5H10O2S.C5H13OS.C3H9S2.C2H6BrS.C2H6ClS.C2H6FS.C2H6IS.CH4/c2*16-12-7-13-17(14-8-3-1-4-9-14)15-10-5-2-6-11-15;15-11-12-16(13-7-3-1-4-8-13)14-9-5-2-6-10-14;1-4-7-10-13(11-8-5-2)12-9-6-3;1-4-7-10(8-5-2)9-6-3;1-6(7)4-5-8(2)3;1-8(2)4-3-5(6)7;1-7(2)5-3-4-6;1-4-5(2)3;4*1-4(2)3;/h2*1-6,8-11H,7,12-13H2;1-10H,11-12H2;4-12H2,1-3H3;4-9H2,1-3H3;4-5H2,1-3H3;3-4H2,1-2H3;6H,3-5H2,1-2H3;1-3H3;4*1-2H3;1H4/q6*+1;;6*+1;/p+1. The first-order chi connectivity index (χ1) is 55.7. The second-order valence-electron chi connectivity index (χ2n) is 27.0. The van der Waals surface area contributed by atoms with Crippen molar-refractivity contribution in [2.24, 2.45) is 0 Å². The number of Topliss-reactive ketones (excluding diaryl/α,β-unsaturated/α-hetero) is 1. The van der Waals surface area contributed by atoms with E-state index in [1.54, 1.807) is 6.92 Å². The summed E-state index contributed by atoms with van der Waals surface area (Å²) in [6.07, 6.45) is 51.8. The minimum atomic E-state index is -0.861. The fourth-order valence-electron chi connectivity index (χ4n) is 8.62. The maximum Gasteiger partial charge on any atom is 0.308 e. The van der Waals surface area contributed by atoms with E-state index in [-0.39, 0.29) is 61.1 Å². The Kier molecular flexibility index (Phi) is 119. The molecule has 0 aliphatic rings. The molecule has 0 spiro atoms. The Morgan fingerprint density at radius 2 is 0.644 bits per heavy atom. The van der Waals surface area contributed by atoms with Crippen LogP contribution in [0.15, 0.2) is 211 Å². The van der Waals surface area contributed by atoms with Crippen LogP contribution in [0.1, 0.15) is 146 Å². The van der Waals surface area contributed by atoms with Gasteiger partial charge in [0.25, 0.3) is 0 Å². The number of unbranched alkanes of at least 4 members (excludes halogenated alkanes) is 3. The van der Waals surface area contributed by atoms with Gasteiger partial charge in [-0.15, -0.1) is 23.2 Å². The number of halogens is 7. The number of alkyl halides is 3. The fraction of sp³-hybridized carbons (Fsp3) is 0.591. The smallest absolute Gasteiger partial charge is 0.308 e. The lowest BCUT2D eigenvalue weighted by Gasteiger charge is -2.07. The molecule has 0 saturated heterocycles. The van der Waals surface area contributed by atoms with Crippen LogP contribution in [0.25, 0.3) is 0 Å². The van der Waals surface area contributed by atoms with E-state index in [2.05, 4.69) is 344 Å². The van der Waals surface area contributed by atoms with Crippen molar-refractivity contribution >= 4 is 244 Å². The summed E-state index contributed by atoms with van der Waals surface area (Å²) >= 11 is 20.1. The van der Waals surface area contributed by atoms with Crippen molar-refractivity contribution in [3.05, 3.63) is 182 Å². The van der Waals surface area contributed by atoms with Crippen molar-refractivity contribution in [1.29, 1.82) is 0 Å². The van der Waals surface area contributed by atoms with Crippen LogP contribution in [0.2, 0.25) is 0 Å². The first kappa shape index (κ1) is 135. The lowest BCUT2D eigenvalue weighted by molar-refractivity contribution is -0.136. The second kappa shape index (κ2) is 104. The Bertz CT molecular complexity index is 2600. The predicted molar refractivity (Wildman–Crippen MR) is 607 cm³/mol. The number of carbonyl (C=O) groups excluding carboxylic acids is 1. The van der Waals surface area contributed by atoms with Crippen molar-refractivity contribution in [1.82, 2.24) is 0 Å². The number of hydrogen-bond acceptors (Lipinski definition) is 4. The number of aliphatic hydroxyl groups is 1. The molecular weight excluding hydrogens is 2040 g/mol. The topological polar surface area (TPSA) is 74.6 Å². The summed E-state index contributed by atoms with van der Waals surface area (Å²) in [7, 11) is 12.3. The van der Waals surface area contributed by atoms with E-state index in [0.717, 1.165) is 75.3 Å². The molecule has 25 heteroatoms. The first-order valence-electron chi connectivity index (χ1n) is 40.1. The van der Waals surface area contributed by atoms with E-state index in [1.165, 1.54) is 152 Å². The van der Waals surface area contributed by atoms with Crippen LogP contribution in [-0.4, -0.2) is 221 Å². The molecule has 0 unspecified atom stereocenters. The van der Waals surface area contributed by atoms with Gasteiger partial charge < -0.3 is 10.2 Å². The Balaban J connectivity index is -0.000000191. The number of aliphatic hydroxyl groups excluding tert-OH is 1. The van der Waals surface area contributed by atoms with Gasteiger partial charge in [-0.05, 0) is 173 Å². The number of rotatable bonds is 39. The number of ketones is 1. The minimum absolute atomic E-state index is 0. The summed E-state index contributed by atoms with van der Waals surface area (Å²) in [6.45, 7) is 15.8. The van der Waals surface area contributed by atoms with Gasteiger partial charge in [-0.2, -0.15) is 0 Å². The first-order valence-corrected chi connectivity index (χ1v) is 73.6. The lowest BCUT2D eigenvalue weighted by Crippen LogP contribution is -2.16. The molecular formula is C93H168Br2Cl3FIO4S14+13. The zero-order chi connectivity index (χ0) is 90.3. The van der Waals surface area contributed by atoms with Crippen molar-refractivity contribution < 1.29 is 23.7 Å². The molecule has 4 nitrogen and oxygen atoms in total. The Morgan fingerprint density at radius 1 is 0.407 bits per heavy atom. The highest BCUT2D eigenvalue weighted by atomic mass is 127. The summed E-state index contributed by atoms with van der Waals surface area (Å²) in [6, 6.07) is 64.3. The Morgan fingerprint density at radius 3 is 0.805 bits per heavy atom. The van der Waals surface area contributed by atoms with E-state index in [1.807, 2.05) is 35.8 Å². The fourth-order valence-corrected chi connectivity index (χ4v) is 23.2. The normalized spacial score (nSPS) is 10.2. The summed E-state index contributed by atoms with van der Waals surface area (Å²) in [5, 5.41) is 17.6. The third kappa shape index (κ3) is 108. The third-order valence-electron chi connectivity index (χ3n) is 13.9. The molecule has 0 atom stereocenters. The molecule has 6 rings (SSSR count). The number of carboxylic acid groups (broad SMARTS) is 1. The maximum absolute atomic E-state index is 11.0. The summed E-state index contributed by atoms with van der Waals surface area (Å²) < 4.78 is 11.0. The third-order valence-corrected chi connectivity index (χ3v) is 33.5. The molecule has 0 fully saturated rings. The molecule has 2 N–H and O–H groups in total. The quantitative estimate of drug-likeness (QED) is 0.0174. The summed E-state index contributed by atoms with van der Waals surface area (Å²) in [4.78, 5) is 28.7. The number of carbonyl (C=O) groups is 2. The molecule has 0 heterocycles. The number of benzene rings is 6. The molecule has 6 aromatic carbocycles. The lowest BCUT2D eigenvalue weighted by atomic mass is 10.4. The number of carboxylic acids is 1. The van der Waals surface area contributed by atoms with Gasteiger partial charge in [0.1, 0.15) is 137 Å². The highest BCUT2D eigenvalue weighted by Gasteiger charge is 2.26. The van der Waals surface area contributed by atoms with Crippen LogP contribution in [0, 0.1) is 0 Å². The second-order valence-corrected chi connectivity index (χ2v) is 68.5. The van der Waals surface area contributed by atoms with Gasteiger partial charge in [0.15, 0.2) is 51.3 Å². The van der Waals surface area contributed by atoms with Gasteiger partial charge in [-0.25, -0.2) is 0 Å². The number of hydrogen-bond donors (Lipinski definition) is 2. The molecule has 0 radical (unpaired) electrons. The van der Waals surface area contributed by atoms with Gasteiger partial charge in [0, 0.05) is 55.3 Å². The van der Waals surface area contributed by atoms with E-state index in [4.69, 9.17) is 44.1 Å². The zero-order valence-corrected chi connectivity index (χ0v) is 95.6. The van der Waals surface area contributed by atoms with Crippen LogP contribution >= 0.6 is 96.6 Å². The van der Waals surface area contributed by atoms with Gasteiger partial charge in [0.05, 0.1) is 129 Å². The monoisotopic (exact) mass is 2210 g/mol. The number of aliphatic carboxylic acids is 1. The van der Waals surface area contributed by atoms with E-state index < -0.39 is 17.3 Å². The maximum atomic E-state index is 11.0. The summed E-state index contributed by atoms with van der Waals surface area (Å²) in [5.41, 5.74) is 0. The molecule has 0 saturated carbocycles. The van der Waals surface area contributed by atoms with Crippen LogP contribution in [-0.2, 0) is 145 Å². The van der Waals surface area contributed by atoms with Crippen LogP contribution in [0.4, 0.5) is 3.89 Å². The molecule has 118 heavy (non-hydrogen) atoms. The van der Waals surface area contributed by atoms with Crippen LogP contribution < -0.4 is 0 Å². The highest BCUT2D eigenvalue weighted by molar-refractivity contribution is 14.2. The largest absolute Gasteiger partial charge is 0.481 e. The van der Waals surface area contributed by atoms with Crippen molar-refractivity contribution in [3.63, 3.8) is 0 Å². The van der Waals surface area contributed by atoms with Crippen LogP contribution in [0.3, 0.4) is 0 Å². The van der Waals surface area contributed by atoms with Gasteiger partial charge in [-0.3, -0.25) is 9.59 Å². The molecule has 0 bridgehead atoms. The molecule has 0 aromatic heterocycles. The average Bonchev–Trinajstić information content (AvgIpc) is 0.868. The highest BCUT2D eigenvalue weighted by Crippen LogP contribution is 2.27. The molecule has 6 aromatic rings. The molecule has 0 aliphatic carbocycles. The molecule has 684 valence electrons. The zero-order valence-electron chi connectivity index (χ0n) is 76.6.